The van der Waals surface area contributed by atoms with Gasteiger partial charge in [-0.3, -0.25) is 4.98 Å². The standard InChI is InChI=1S/C8H9BrClN/c1-6(4-9)8-3-2-7(10)5-11-8/h2-3,5-6H,4H2,1H3. The molecule has 0 bridgehead atoms. The van der Waals surface area contributed by atoms with E-state index >= 15 is 0 Å². The molecule has 1 unspecified atom stereocenters. The van der Waals surface area contributed by atoms with Gasteiger partial charge in [-0.15, -0.1) is 0 Å². The van der Waals surface area contributed by atoms with Crippen molar-refractivity contribution < 1.29 is 0 Å². The Morgan fingerprint density at radius 2 is 2.36 bits per heavy atom. The van der Waals surface area contributed by atoms with Gasteiger partial charge in [-0.2, -0.15) is 0 Å². The van der Waals surface area contributed by atoms with Crippen LogP contribution in [0.1, 0.15) is 18.5 Å². The second-order valence-corrected chi connectivity index (χ2v) is 3.54. The second kappa shape index (κ2) is 4.07. The summed E-state index contributed by atoms with van der Waals surface area (Å²) in [6.45, 7) is 2.12. The number of hydrogen-bond donors (Lipinski definition) is 0. The highest BCUT2D eigenvalue weighted by Gasteiger charge is 2.03. The average molecular weight is 235 g/mol. The molecule has 0 fully saturated rings. The van der Waals surface area contributed by atoms with Crippen LogP contribution in [-0.4, -0.2) is 10.3 Å². The smallest absolute Gasteiger partial charge is 0.0589 e. The van der Waals surface area contributed by atoms with Gasteiger partial charge in [0.25, 0.3) is 0 Å². The van der Waals surface area contributed by atoms with E-state index in [4.69, 9.17) is 11.6 Å². The Balaban J connectivity index is 2.81. The van der Waals surface area contributed by atoms with Crippen LogP contribution >= 0.6 is 27.5 Å². The predicted octanol–water partition coefficient (Wildman–Crippen LogP) is 3.23. The van der Waals surface area contributed by atoms with Gasteiger partial charge < -0.3 is 0 Å². The first kappa shape index (κ1) is 9.01. The largest absolute Gasteiger partial charge is 0.259 e. The molecule has 0 aliphatic carbocycles. The fourth-order valence-corrected chi connectivity index (χ4v) is 1.20. The molecular weight excluding hydrogens is 225 g/mol. The zero-order valence-corrected chi connectivity index (χ0v) is 8.56. The summed E-state index contributed by atoms with van der Waals surface area (Å²) in [5.74, 6) is 0.451. The molecule has 1 heterocycles. The topological polar surface area (TPSA) is 12.9 Å². The molecule has 0 radical (unpaired) electrons. The summed E-state index contributed by atoms with van der Waals surface area (Å²) in [6.07, 6.45) is 1.68. The van der Waals surface area contributed by atoms with Crippen molar-refractivity contribution in [3.8, 4) is 0 Å². The summed E-state index contributed by atoms with van der Waals surface area (Å²) in [5.41, 5.74) is 1.08. The van der Waals surface area contributed by atoms with E-state index in [1.807, 2.05) is 12.1 Å². The van der Waals surface area contributed by atoms with Gasteiger partial charge in [-0.25, -0.2) is 0 Å². The highest BCUT2D eigenvalue weighted by Crippen LogP contribution is 2.16. The Labute approximate surface area is 79.9 Å². The molecule has 1 nitrogen and oxygen atoms in total. The fourth-order valence-electron chi connectivity index (χ4n) is 0.758. The number of alkyl halides is 1. The molecule has 0 N–H and O–H groups in total. The minimum Gasteiger partial charge on any atom is -0.259 e. The van der Waals surface area contributed by atoms with Gasteiger partial charge in [0, 0.05) is 23.1 Å². The third-order valence-electron chi connectivity index (χ3n) is 1.49. The lowest BCUT2D eigenvalue weighted by Crippen LogP contribution is -1.96. The van der Waals surface area contributed by atoms with Crippen LogP contribution in [-0.2, 0) is 0 Å². The quantitative estimate of drug-likeness (QED) is 0.716. The van der Waals surface area contributed by atoms with E-state index in [-0.39, 0.29) is 0 Å². The van der Waals surface area contributed by atoms with Crippen LogP contribution in [0.4, 0.5) is 0 Å². The van der Waals surface area contributed by atoms with Gasteiger partial charge in [-0.1, -0.05) is 34.5 Å². The molecule has 1 aromatic rings. The van der Waals surface area contributed by atoms with E-state index in [0.29, 0.717) is 10.9 Å². The SMILES string of the molecule is CC(CBr)c1ccc(Cl)cn1. The van der Waals surface area contributed by atoms with E-state index < -0.39 is 0 Å². The second-order valence-electron chi connectivity index (χ2n) is 2.46. The lowest BCUT2D eigenvalue weighted by Gasteiger charge is -2.05. The van der Waals surface area contributed by atoms with Crippen LogP contribution in [0, 0.1) is 0 Å². The maximum Gasteiger partial charge on any atom is 0.0589 e. The van der Waals surface area contributed by atoms with Crippen molar-refractivity contribution in [3.63, 3.8) is 0 Å². The molecule has 0 aromatic carbocycles. The number of halogens is 2. The van der Waals surface area contributed by atoms with Crippen molar-refractivity contribution >= 4 is 27.5 Å². The molecule has 60 valence electrons. The molecule has 1 rings (SSSR count). The Kier molecular flexibility index (Phi) is 3.34. The Morgan fingerprint density at radius 3 is 2.82 bits per heavy atom. The Hall–Kier alpha value is -0.0800. The number of pyridine rings is 1. The molecule has 0 aliphatic rings. The van der Waals surface area contributed by atoms with Crippen LogP contribution in [0.5, 0.6) is 0 Å². The van der Waals surface area contributed by atoms with E-state index in [2.05, 4.69) is 27.8 Å². The monoisotopic (exact) mass is 233 g/mol. The summed E-state index contributed by atoms with van der Waals surface area (Å²) in [5, 5.41) is 1.62. The van der Waals surface area contributed by atoms with Crippen LogP contribution < -0.4 is 0 Å². The Morgan fingerprint density at radius 1 is 1.64 bits per heavy atom. The van der Waals surface area contributed by atoms with Gasteiger partial charge in [0.15, 0.2) is 0 Å². The van der Waals surface area contributed by atoms with Crippen molar-refractivity contribution in [1.29, 1.82) is 0 Å². The van der Waals surface area contributed by atoms with Crippen molar-refractivity contribution in [2.45, 2.75) is 12.8 Å². The van der Waals surface area contributed by atoms with E-state index in [9.17, 15) is 0 Å². The molecule has 0 aliphatic heterocycles. The fraction of sp³-hybridized carbons (Fsp3) is 0.375. The first-order valence-electron chi connectivity index (χ1n) is 3.41. The molecule has 0 spiro atoms. The third-order valence-corrected chi connectivity index (χ3v) is 2.68. The van der Waals surface area contributed by atoms with Crippen LogP contribution in [0.15, 0.2) is 18.3 Å². The summed E-state index contributed by atoms with van der Waals surface area (Å²) >= 11 is 9.08. The van der Waals surface area contributed by atoms with Crippen molar-refractivity contribution in [3.05, 3.63) is 29.0 Å². The molecular formula is C8H9BrClN. The zero-order chi connectivity index (χ0) is 8.27. The normalized spacial score (nSPS) is 13.0. The van der Waals surface area contributed by atoms with Gasteiger partial charge in [0.05, 0.1) is 5.02 Å². The van der Waals surface area contributed by atoms with E-state index in [1.54, 1.807) is 6.20 Å². The highest BCUT2D eigenvalue weighted by atomic mass is 79.9. The van der Waals surface area contributed by atoms with E-state index in [0.717, 1.165) is 11.0 Å². The first-order valence-corrected chi connectivity index (χ1v) is 4.91. The minimum atomic E-state index is 0.451. The maximum absolute atomic E-state index is 5.69. The third kappa shape index (κ3) is 2.46. The Bertz CT molecular complexity index is 222. The summed E-state index contributed by atoms with van der Waals surface area (Å²) in [6, 6.07) is 3.82. The van der Waals surface area contributed by atoms with Crippen molar-refractivity contribution in [2.24, 2.45) is 0 Å². The van der Waals surface area contributed by atoms with Crippen molar-refractivity contribution in [2.75, 3.05) is 5.33 Å². The summed E-state index contributed by atoms with van der Waals surface area (Å²) in [4.78, 5) is 4.19. The van der Waals surface area contributed by atoms with Crippen molar-refractivity contribution in [1.82, 2.24) is 4.98 Å². The zero-order valence-electron chi connectivity index (χ0n) is 6.22. The molecule has 1 aromatic heterocycles. The first-order chi connectivity index (χ1) is 5.24. The number of aromatic nitrogens is 1. The highest BCUT2D eigenvalue weighted by molar-refractivity contribution is 9.09. The average Bonchev–Trinajstić information content (AvgIpc) is 2.05. The van der Waals surface area contributed by atoms with E-state index in [1.165, 1.54) is 0 Å². The lowest BCUT2D eigenvalue weighted by molar-refractivity contribution is 0.841. The number of nitrogens with zero attached hydrogens (tertiary/aromatic N) is 1. The number of hydrogen-bond acceptors (Lipinski definition) is 1. The molecule has 0 saturated carbocycles. The molecule has 0 saturated heterocycles. The molecule has 0 amide bonds. The van der Waals surface area contributed by atoms with Crippen LogP contribution in [0.2, 0.25) is 5.02 Å². The predicted molar refractivity (Wildman–Crippen MR) is 51.5 cm³/mol. The summed E-state index contributed by atoms with van der Waals surface area (Å²) in [7, 11) is 0. The molecule has 1 atom stereocenters. The van der Waals surface area contributed by atoms with Gasteiger partial charge in [0.2, 0.25) is 0 Å². The van der Waals surface area contributed by atoms with Gasteiger partial charge in [0.1, 0.15) is 0 Å². The van der Waals surface area contributed by atoms with Crippen LogP contribution in [0.25, 0.3) is 0 Å². The number of rotatable bonds is 2. The van der Waals surface area contributed by atoms with Crippen LogP contribution in [0.3, 0.4) is 0 Å². The van der Waals surface area contributed by atoms with Gasteiger partial charge >= 0.3 is 0 Å². The lowest BCUT2D eigenvalue weighted by atomic mass is 10.1. The maximum atomic E-state index is 5.69. The summed E-state index contributed by atoms with van der Waals surface area (Å²) < 4.78 is 0. The van der Waals surface area contributed by atoms with Gasteiger partial charge in [-0.05, 0) is 12.1 Å². The molecule has 3 heteroatoms. The minimum absolute atomic E-state index is 0.451. The molecule has 11 heavy (non-hydrogen) atoms.